The van der Waals surface area contributed by atoms with Crippen molar-refractivity contribution in [3.05, 3.63) is 0 Å². The zero-order chi connectivity index (χ0) is 19.8. The second kappa shape index (κ2) is 8.21. The van der Waals surface area contributed by atoms with Gasteiger partial charge >= 0.3 is 0 Å². The molecule has 0 aromatic rings. The molecule has 158 valence electrons. The van der Waals surface area contributed by atoms with E-state index in [1.807, 2.05) is 13.8 Å². The molecule has 0 amide bonds. The maximum Gasteiger partial charge on any atom is 0.282 e. The highest BCUT2D eigenvalue weighted by molar-refractivity contribution is 7.87. The molecule has 0 unspecified atom stereocenters. The lowest BCUT2D eigenvalue weighted by molar-refractivity contribution is -0.0456. The fourth-order valence-corrected chi connectivity index (χ4v) is 7.63. The summed E-state index contributed by atoms with van der Waals surface area (Å²) in [7, 11) is -7.12. The Balaban J connectivity index is 1.62. The summed E-state index contributed by atoms with van der Waals surface area (Å²) in [4.78, 5) is 0. The number of ether oxygens (including phenoxy) is 1. The van der Waals surface area contributed by atoms with Crippen LogP contribution >= 0.6 is 0 Å². The van der Waals surface area contributed by atoms with Gasteiger partial charge in [-0.15, -0.1) is 0 Å². The predicted molar refractivity (Wildman–Crippen MR) is 103 cm³/mol. The van der Waals surface area contributed by atoms with Gasteiger partial charge in [0.15, 0.2) is 0 Å². The minimum Gasteiger partial charge on any atom is -0.373 e. The molecule has 3 aliphatic rings. The number of hydrogen-bond donors (Lipinski definition) is 0. The van der Waals surface area contributed by atoms with Crippen molar-refractivity contribution in [3.8, 4) is 0 Å². The van der Waals surface area contributed by atoms with E-state index in [1.54, 1.807) is 4.31 Å². The third-order valence-electron chi connectivity index (χ3n) is 5.51. The lowest BCUT2D eigenvalue weighted by Crippen LogP contribution is -2.59. The normalized spacial score (nSPS) is 34.0. The zero-order valence-electron chi connectivity index (χ0n) is 16.4. The summed E-state index contributed by atoms with van der Waals surface area (Å²) < 4.78 is 63.1. The van der Waals surface area contributed by atoms with Gasteiger partial charge in [-0.1, -0.05) is 6.92 Å². The van der Waals surface area contributed by atoms with Gasteiger partial charge in [0.1, 0.15) is 0 Å². The second-order valence-corrected chi connectivity index (χ2v) is 11.9. The number of rotatable bonds is 4. The van der Waals surface area contributed by atoms with Crippen LogP contribution in [0.2, 0.25) is 0 Å². The standard InChI is InChI=1S/C16H32N4O5S2/c1-14-5-4-6-19(11-14)26(21,22)17-7-9-18(10-8-17)27(23,24)20-12-15(2)25-16(3)13-20/h14-16H,4-13H2,1-3H3/t14-,15-,16-/m1/s1. The molecule has 0 bridgehead atoms. The summed E-state index contributed by atoms with van der Waals surface area (Å²) in [6.45, 7) is 8.31. The summed E-state index contributed by atoms with van der Waals surface area (Å²) in [6.07, 6.45) is 1.63. The average Bonchev–Trinajstić information content (AvgIpc) is 2.61. The minimum absolute atomic E-state index is 0.147. The molecule has 3 heterocycles. The second-order valence-electron chi connectivity index (χ2n) is 7.99. The molecule has 3 aliphatic heterocycles. The average molecular weight is 425 g/mol. The summed E-state index contributed by atoms with van der Waals surface area (Å²) in [5, 5.41) is 0. The fourth-order valence-electron chi connectivity index (χ4n) is 4.13. The van der Waals surface area contributed by atoms with E-state index >= 15 is 0 Å². The summed E-state index contributed by atoms with van der Waals surface area (Å²) >= 11 is 0. The molecule has 0 saturated carbocycles. The molecule has 0 aliphatic carbocycles. The van der Waals surface area contributed by atoms with Gasteiger partial charge in [-0.05, 0) is 32.6 Å². The molecule has 0 aromatic heterocycles. The Bertz CT molecular complexity index is 711. The first kappa shape index (κ1) is 21.4. The molecule has 3 saturated heterocycles. The van der Waals surface area contributed by atoms with E-state index < -0.39 is 20.4 Å². The highest BCUT2D eigenvalue weighted by Gasteiger charge is 2.40. The number of piperazine rings is 1. The molecule has 0 spiro atoms. The van der Waals surface area contributed by atoms with Gasteiger partial charge in [-0.3, -0.25) is 0 Å². The van der Waals surface area contributed by atoms with Crippen LogP contribution in [0.4, 0.5) is 0 Å². The van der Waals surface area contributed by atoms with Crippen molar-refractivity contribution < 1.29 is 21.6 Å². The van der Waals surface area contributed by atoms with E-state index in [-0.39, 0.29) is 38.4 Å². The monoisotopic (exact) mass is 424 g/mol. The van der Waals surface area contributed by atoms with Gasteiger partial charge in [0.2, 0.25) is 0 Å². The molecule has 3 fully saturated rings. The van der Waals surface area contributed by atoms with Crippen molar-refractivity contribution in [1.82, 2.24) is 17.2 Å². The highest BCUT2D eigenvalue weighted by atomic mass is 32.2. The van der Waals surface area contributed by atoms with Crippen LogP contribution in [0.25, 0.3) is 0 Å². The summed E-state index contributed by atoms with van der Waals surface area (Å²) in [5.41, 5.74) is 0. The van der Waals surface area contributed by atoms with Crippen molar-refractivity contribution in [2.24, 2.45) is 5.92 Å². The molecule has 27 heavy (non-hydrogen) atoms. The van der Waals surface area contributed by atoms with E-state index in [1.165, 1.54) is 12.9 Å². The SMILES string of the molecule is C[C@@H]1CCCN(S(=O)(=O)N2CCN(S(=O)(=O)N3C[C@@H](C)O[C@H](C)C3)CC2)C1. The molecule has 3 rings (SSSR count). The maximum atomic E-state index is 13.0. The van der Waals surface area contributed by atoms with Crippen LogP contribution in [-0.2, 0) is 25.2 Å². The molecular weight excluding hydrogens is 392 g/mol. The van der Waals surface area contributed by atoms with Gasteiger partial charge in [0.05, 0.1) is 12.2 Å². The number of piperidine rings is 1. The molecule has 9 nitrogen and oxygen atoms in total. The fraction of sp³-hybridized carbons (Fsp3) is 1.00. The van der Waals surface area contributed by atoms with Crippen LogP contribution in [0.5, 0.6) is 0 Å². The van der Waals surface area contributed by atoms with Gasteiger partial charge in [-0.2, -0.15) is 34.1 Å². The Morgan fingerprint density at radius 2 is 1.15 bits per heavy atom. The van der Waals surface area contributed by atoms with Gasteiger partial charge in [-0.25, -0.2) is 0 Å². The smallest absolute Gasteiger partial charge is 0.282 e. The van der Waals surface area contributed by atoms with E-state index in [0.29, 0.717) is 32.1 Å². The Kier molecular flexibility index (Phi) is 6.51. The summed E-state index contributed by atoms with van der Waals surface area (Å²) in [6, 6.07) is 0. The number of hydrogen-bond acceptors (Lipinski definition) is 5. The molecule has 0 N–H and O–H groups in total. The van der Waals surface area contributed by atoms with Crippen LogP contribution in [0.15, 0.2) is 0 Å². The first-order valence-corrected chi connectivity index (χ1v) is 12.6. The van der Waals surface area contributed by atoms with Crippen LogP contribution in [0, 0.1) is 5.92 Å². The maximum absolute atomic E-state index is 13.0. The molecule has 0 radical (unpaired) electrons. The molecular formula is C16H32N4O5S2. The quantitative estimate of drug-likeness (QED) is 0.630. The molecule has 3 atom stereocenters. The Morgan fingerprint density at radius 1 is 0.667 bits per heavy atom. The lowest BCUT2D eigenvalue weighted by atomic mass is 10.0. The molecule has 11 heteroatoms. The molecule has 0 aromatic carbocycles. The topological polar surface area (TPSA) is 90.5 Å². The number of nitrogens with zero attached hydrogens (tertiary/aromatic N) is 4. The zero-order valence-corrected chi connectivity index (χ0v) is 18.1. The predicted octanol–water partition coefficient (Wildman–Crippen LogP) is -0.0653. The van der Waals surface area contributed by atoms with E-state index in [9.17, 15) is 16.8 Å². The Morgan fingerprint density at radius 3 is 1.63 bits per heavy atom. The minimum atomic E-state index is -3.60. The van der Waals surface area contributed by atoms with E-state index in [0.717, 1.165) is 12.8 Å². The van der Waals surface area contributed by atoms with Crippen LogP contribution in [0.1, 0.15) is 33.6 Å². The third-order valence-corrected chi connectivity index (χ3v) is 9.48. The van der Waals surface area contributed by atoms with Crippen LogP contribution in [0.3, 0.4) is 0 Å². The Labute approximate surface area is 163 Å². The highest BCUT2D eigenvalue weighted by Crippen LogP contribution is 2.23. The third kappa shape index (κ3) is 4.65. The Hall–Kier alpha value is -0.300. The van der Waals surface area contributed by atoms with Crippen molar-refractivity contribution in [2.45, 2.75) is 45.8 Å². The lowest BCUT2D eigenvalue weighted by Gasteiger charge is -2.41. The van der Waals surface area contributed by atoms with Gasteiger partial charge in [0, 0.05) is 52.4 Å². The van der Waals surface area contributed by atoms with E-state index in [2.05, 4.69) is 6.92 Å². The van der Waals surface area contributed by atoms with Crippen molar-refractivity contribution in [2.75, 3.05) is 52.4 Å². The van der Waals surface area contributed by atoms with Crippen molar-refractivity contribution in [3.63, 3.8) is 0 Å². The first-order chi connectivity index (χ1) is 12.6. The van der Waals surface area contributed by atoms with Crippen molar-refractivity contribution in [1.29, 1.82) is 0 Å². The largest absolute Gasteiger partial charge is 0.373 e. The van der Waals surface area contributed by atoms with Gasteiger partial charge < -0.3 is 4.74 Å². The summed E-state index contributed by atoms with van der Waals surface area (Å²) in [5.74, 6) is 0.362. The van der Waals surface area contributed by atoms with Crippen molar-refractivity contribution >= 4 is 20.4 Å². The van der Waals surface area contributed by atoms with Gasteiger partial charge in [0.25, 0.3) is 20.4 Å². The van der Waals surface area contributed by atoms with Crippen LogP contribution < -0.4 is 0 Å². The van der Waals surface area contributed by atoms with Crippen LogP contribution in [-0.4, -0.2) is 98.6 Å². The first-order valence-electron chi connectivity index (χ1n) is 9.76. The number of morpholine rings is 1. The van der Waals surface area contributed by atoms with E-state index in [4.69, 9.17) is 4.74 Å².